The summed E-state index contributed by atoms with van der Waals surface area (Å²) in [4.78, 5) is 14.7. The molecule has 1 aliphatic heterocycles. The Balaban J connectivity index is 1.78. The minimum absolute atomic E-state index is 0.0359. The maximum atomic E-state index is 13.0. The first kappa shape index (κ1) is 25.8. The van der Waals surface area contributed by atoms with Crippen molar-refractivity contribution in [3.05, 3.63) is 132 Å². The van der Waals surface area contributed by atoms with Crippen LogP contribution in [0.15, 0.2) is 115 Å². The lowest BCUT2D eigenvalue weighted by atomic mass is 9.84. The summed E-state index contributed by atoms with van der Waals surface area (Å²) in [6.07, 6.45) is 3.98. The van der Waals surface area contributed by atoms with E-state index in [-0.39, 0.29) is 30.6 Å². The summed E-state index contributed by atoms with van der Waals surface area (Å²) in [6.45, 7) is 6.23. The zero-order chi connectivity index (χ0) is 25.4. The molecule has 1 heterocycles. The number of aliphatic hydroxyl groups is 1. The van der Waals surface area contributed by atoms with E-state index < -0.39 is 4.75 Å². The summed E-state index contributed by atoms with van der Waals surface area (Å²) in [5.41, 5.74) is 4.42. The largest absolute Gasteiger partial charge is 0.445 e. The van der Waals surface area contributed by atoms with Gasteiger partial charge in [0.2, 0.25) is 0 Å². The average molecular weight is 500 g/mol. The molecule has 1 fully saturated rings. The predicted molar refractivity (Wildman–Crippen MR) is 148 cm³/mol. The van der Waals surface area contributed by atoms with Gasteiger partial charge in [-0.2, -0.15) is 0 Å². The van der Waals surface area contributed by atoms with E-state index >= 15 is 0 Å². The summed E-state index contributed by atoms with van der Waals surface area (Å²) in [5, 5.41) is 9.77. The molecule has 2 atom stereocenters. The number of thioether (sulfide) groups is 1. The quantitative estimate of drug-likeness (QED) is 0.273. The fraction of sp³-hybridized carbons (Fsp3) is 0.258. The number of ether oxygens (including phenoxy) is 1. The number of nitrogens with zero attached hydrogens (tertiary/aromatic N) is 1. The summed E-state index contributed by atoms with van der Waals surface area (Å²) in [7, 11) is 0. The summed E-state index contributed by atoms with van der Waals surface area (Å²) in [5.74, 6) is 0. The first-order valence-electron chi connectivity index (χ1n) is 12.2. The molecule has 1 aliphatic rings. The number of hydrogen-bond acceptors (Lipinski definition) is 4. The number of rotatable bonds is 9. The van der Waals surface area contributed by atoms with Gasteiger partial charge in [0.1, 0.15) is 6.61 Å². The SMILES string of the molecule is C=CCOC(=O)N1CC(SC(c2ccccc2)(c2ccccc2)c2ccccc2)CC1/C=C(/C)CO. The Bertz CT molecular complexity index is 1070. The van der Waals surface area contributed by atoms with E-state index in [2.05, 4.69) is 79.4 Å². The van der Waals surface area contributed by atoms with Crippen LogP contribution in [-0.4, -0.2) is 47.1 Å². The molecule has 0 saturated carbocycles. The van der Waals surface area contributed by atoms with Crippen molar-refractivity contribution in [3.63, 3.8) is 0 Å². The number of carbonyl (C=O) groups excluding carboxylic acids is 1. The van der Waals surface area contributed by atoms with Gasteiger partial charge in [0.05, 0.1) is 17.4 Å². The molecule has 4 nitrogen and oxygen atoms in total. The molecule has 0 spiro atoms. The van der Waals surface area contributed by atoms with E-state index in [0.717, 1.165) is 12.0 Å². The number of carbonyl (C=O) groups is 1. The van der Waals surface area contributed by atoms with Crippen LogP contribution < -0.4 is 0 Å². The number of likely N-dealkylation sites (tertiary alicyclic amines) is 1. The third-order valence-electron chi connectivity index (χ3n) is 6.47. The molecule has 1 amide bonds. The van der Waals surface area contributed by atoms with Crippen molar-refractivity contribution in [3.8, 4) is 0 Å². The van der Waals surface area contributed by atoms with Crippen LogP contribution in [0.5, 0.6) is 0 Å². The lowest BCUT2D eigenvalue weighted by Crippen LogP contribution is -2.36. The van der Waals surface area contributed by atoms with Gasteiger partial charge in [0.25, 0.3) is 0 Å². The molecule has 0 radical (unpaired) electrons. The van der Waals surface area contributed by atoms with Crippen LogP contribution in [0, 0.1) is 0 Å². The molecule has 5 heteroatoms. The number of amides is 1. The second-order valence-corrected chi connectivity index (χ2v) is 10.5. The van der Waals surface area contributed by atoms with E-state index in [1.165, 1.54) is 16.7 Å². The highest BCUT2D eigenvalue weighted by Crippen LogP contribution is 2.52. The topological polar surface area (TPSA) is 49.8 Å². The summed E-state index contributed by atoms with van der Waals surface area (Å²) < 4.78 is 4.96. The number of benzene rings is 3. The van der Waals surface area contributed by atoms with Crippen molar-refractivity contribution in [2.24, 2.45) is 0 Å². The highest BCUT2D eigenvalue weighted by Gasteiger charge is 2.44. The lowest BCUT2D eigenvalue weighted by Gasteiger charge is -2.37. The Labute approximate surface area is 218 Å². The van der Waals surface area contributed by atoms with Gasteiger partial charge >= 0.3 is 6.09 Å². The van der Waals surface area contributed by atoms with E-state index in [9.17, 15) is 9.90 Å². The molecule has 186 valence electrons. The van der Waals surface area contributed by atoms with Crippen LogP contribution >= 0.6 is 11.8 Å². The van der Waals surface area contributed by atoms with Crippen molar-refractivity contribution in [2.75, 3.05) is 19.8 Å². The number of aliphatic hydroxyl groups excluding tert-OH is 1. The van der Waals surface area contributed by atoms with Gasteiger partial charge in [-0.1, -0.05) is 115 Å². The monoisotopic (exact) mass is 499 g/mol. The first-order chi connectivity index (χ1) is 17.6. The predicted octanol–water partition coefficient (Wildman–Crippen LogP) is 6.42. The molecule has 36 heavy (non-hydrogen) atoms. The molecule has 4 rings (SSSR count). The third-order valence-corrected chi connectivity index (χ3v) is 8.21. The van der Waals surface area contributed by atoms with Crippen LogP contribution in [-0.2, 0) is 9.48 Å². The van der Waals surface area contributed by atoms with Crippen molar-refractivity contribution < 1.29 is 14.6 Å². The molecule has 2 unspecified atom stereocenters. The summed E-state index contributed by atoms with van der Waals surface area (Å²) >= 11 is 1.88. The zero-order valence-electron chi connectivity index (χ0n) is 20.6. The highest BCUT2D eigenvalue weighted by molar-refractivity contribution is 8.01. The smallest absolute Gasteiger partial charge is 0.410 e. The Kier molecular flexibility index (Phi) is 8.68. The van der Waals surface area contributed by atoms with Crippen LogP contribution in [0.4, 0.5) is 4.79 Å². The first-order valence-corrected chi connectivity index (χ1v) is 13.1. The molecular weight excluding hydrogens is 466 g/mol. The molecule has 0 aliphatic carbocycles. The minimum Gasteiger partial charge on any atom is -0.445 e. The van der Waals surface area contributed by atoms with Crippen molar-refractivity contribution >= 4 is 17.9 Å². The second kappa shape index (κ2) is 12.1. The van der Waals surface area contributed by atoms with E-state index in [1.54, 1.807) is 11.0 Å². The normalized spacial score (nSPS) is 18.2. The van der Waals surface area contributed by atoms with E-state index in [1.807, 2.05) is 43.0 Å². The molecule has 1 saturated heterocycles. The van der Waals surface area contributed by atoms with Gasteiger partial charge in [0, 0.05) is 11.8 Å². The molecule has 3 aromatic carbocycles. The molecule has 3 aromatic rings. The van der Waals surface area contributed by atoms with E-state index in [4.69, 9.17) is 4.74 Å². The van der Waals surface area contributed by atoms with Gasteiger partial charge < -0.3 is 14.7 Å². The molecule has 0 bridgehead atoms. The highest BCUT2D eigenvalue weighted by atomic mass is 32.2. The maximum Gasteiger partial charge on any atom is 0.410 e. The standard InChI is InChI=1S/C31H33NO3S/c1-3-19-35-30(34)32-22-29(21-28(32)20-24(2)23-33)36-31(25-13-7-4-8-14-25,26-15-9-5-10-16-26)27-17-11-6-12-18-27/h3-18,20,28-29,33H,1,19,21-23H2,2H3/b24-20-. The van der Waals surface area contributed by atoms with Gasteiger partial charge in [-0.05, 0) is 30.0 Å². The Morgan fingerprint density at radius 1 is 1.00 bits per heavy atom. The molecular formula is C31H33NO3S. The average Bonchev–Trinajstić information content (AvgIpc) is 3.33. The summed E-state index contributed by atoms with van der Waals surface area (Å²) in [6, 6.07) is 31.6. The number of hydrogen-bond donors (Lipinski definition) is 1. The fourth-order valence-electron chi connectivity index (χ4n) is 4.85. The molecule has 1 N–H and O–H groups in total. The lowest BCUT2D eigenvalue weighted by molar-refractivity contribution is 0.114. The zero-order valence-corrected chi connectivity index (χ0v) is 21.4. The Morgan fingerprint density at radius 2 is 1.50 bits per heavy atom. The van der Waals surface area contributed by atoms with Crippen molar-refractivity contribution in [1.82, 2.24) is 4.90 Å². The van der Waals surface area contributed by atoms with Gasteiger partial charge in [-0.3, -0.25) is 0 Å². The van der Waals surface area contributed by atoms with Gasteiger partial charge in [-0.15, -0.1) is 11.8 Å². The maximum absolute atomic E-state index is 13.0. The Hall–Kier alpha value is -3.28. The van der Waals surface area contributed by atoms with Crippen molar-refractivity contribution in [2.45, 2.75) is 29.4 Å². The van der Waals surface area contributed by atoms with Crippen LogP contribution in [0.25, 0.3) is 0 Å². The third kappa shape index (κ3) is 5.58. The van der Waals surface area contributed by atoms with Crippen LogP contribution in [0.3, 0.4) is 0 Å². The van der Waals surface area contributed by atoms with E-state index in [0.29, 0.717) is 6.54 Å². The second-order valence-electron chi connectivity index (χ2n) is 9.01. The van der Waals surface area contributed by atoms with Gasteiger partial charge in [0.15, 0.2) is 0 Å². The Morgan fingerprint density at radius 3 is 1.94 bits per heavy atom. The van der Waals surface area contributed by atoms with Gasteiger partial charge in [-0.25, -0.2) is 4.79 Å². The fourth-order valence-corrected chi connectivity index (χ4v) is 6.69. The minimum atomic E-state index is -0.463. The molecule has 0 aromatic heterocycles. The van der Waals surface area contributed by atoms with Crippen molar-refractivity contribution in [1.29, 1.82) is 0 Å². The van der Waals surface area contributed by atoms with Crippen LogP contribution in [0.1, 0.15) is 30.0 Å². The van der Waals surface area contributed by atoms with Crippen LogP contribution in [0.2, 0.25) is 0 Å².